The molecule has 0 saturated carbocycles. The normalized spacial score (nSPS) is 10.7. The van der Waals surface area contributed by atoms with E-state index in [9.17, 15) is 9.59 Å². The number of rotatable bonds is 6. The zero-order valence-electron chi connectivity index (χ0n) is 13.8. The molecule has 0 aliphatic carbocycles. The van der Waals surface area contributed by atoms with E-state index in [0.717, 1.165) is 22.9 Å². The Bertz CT molecular complexity index is 948. The van der Waals surface area contributed by atoms with Crippen LogP contribution >= 0.6 is 23.1 Å². The van der Waals surface area contributed by atoms with Gasteiger partial charge in [-0.15, -0.1) is 21.5 Å². The number of hydrogen-bond donors (Lipinski definition) is 3. The van der Waals surface area contributed by atoms with E-state index in [0.29, 0.717) is 16.0 Å². The summed E-state index contributed by atoms with van der Waals surface area (Å²) in [6, 6.07) is 9.31. The molecule has 0 atom stereocenters. The number of benzene rings is 1. The molecule has 2 heterocycles. The zero-order valence-corrected chi connectivity index (χ0v) is 15.4. The van der Waals surface area contributed by atoms with Crippen LogP contribution in [0.2, 0.25) is 0 Å². The van der Waals surface area contributed by atoms with Gasteiger partial charge in [0, 0.05) is 5.56 Å². The highest BCUT2D eigenvalue weighted by Crippen LogP contribution is 2.24. The van der Waals surface area contributed by atoms with Gasteiger partial charge in [0.25, 0.3) is 5.91 Å². The first kappa shape index (κ1) is 18.0. The molecular formula is C16H16N6O2S2. The number of anilines is 1. The molecule has 0 unspecified atom stereocenters. The monoisotopic (exact) mass is 388 g/mol. The average Bonchev–Trinajstić information content (AvgIpc) is 3.21. The first-order valence-corrected chi connectivity index (χ1v) is 9.39. The van der Waals surface area contributed by atoms with Crippen LogP contribution in [0.1, 0.15) is 15.9 Å². The molecule has 5 N–H and O–H groups in total. The van der Waals surface area contributed by atoms with E-state index in [-0.39, 0.29) is 17.2 Å². The number of nitrogen functional groups attached to an aromatic ring is 1. The van der Waals surface area contributed by atoms with Crippen molar-refractivity contribution in [1.82, 2.24) is 14.9 Å². The second kappa shape index (κ2) is 7.58. The van der Waals surface area contributed by atoms with Crippen LogP contribution in [0.4, 0.5) is 5.00 Å². The van der Waals surface area contributed by atoms with Crippen molar-refractivity contribution in [2.75, 3.05) is 16.9 Å². The predicted molar refractivity (Wildman–Crippen MR) is 103 cm³/mol. The lowest BCUT2D eigenvalue weighted by atomic mass is 10.1. The summed E-state index contributed by atoms with van der Waals surface area (Å²) in [5.41, 5.74) is 7.52. The SMILES string of the molecule is Cc1ccc(-c2nnc(SCC(=O)Nc3sccc3C(N)=O)n2N)cc1. The van der Waals surface area contributed by atoms with Crippen molar-refractivity contribution in [1.29, 1.82) is 0 Å². The largest absolute Gasteiger partial charge is 0.366 e. The zero-order chi connectivity index (χ0) is 18.7. The van der Waals surface area contributed by atoms with E-state index in [1.807, 2.05) is 31.2 Å². The Morgan fingerprint density at radius 3 is 2.65 bits per heavy atom. The van der Waals surface area contributed by atoms with E-state index in [1.54, 1.807) is 11.4 Å². The van der Waals surface area contributed by atoms with Crippen molar-refractivity contribution in [2.24, 2.45) is 5.73 Å². The van der Waals surface area contributed by atoms with E-state index < -0.39 is 5.91 Å². The molecule has 3 aromatic rings. The third-order valence-corrected chi connectivity index (χ3v) is 5.26. The first-order valence-electron chi connectivity index (χ1n) is 7.53. The molecule has 3 rings (SSSR count). The molecule has 10 heteroatoms. The lowest BCUT2D eigenvalue weighted by molar-refractivity contribution is -0.113. The Morgan fingerprint density at radius 2 is 1.96 bits per heavy atom. The van der Waals surface area contributed by atoms with E-state index in [4.69, 9.17) is 11.6 Å². The number of nitrogens with two attached hydrogens (primary N) is 2. The van der Waals surface area contributed by atoms with Crippen molar-refractivity contribution in [3.63, 3.8) is 0 Å². The van der Waals surface area contributed by atoms with Gasteiger partial charge >= 0.3 is 0 Å². The highest BCUT2D eigenvalue weighted by molar-refractivity contribution is 7.99. The first-order chi connectivity index (χ1) is 12.5. The quantitative estimate of drug-likeness (QED) is 0.437. The highest BCUT2D eigenvalue weighted by atomic mass is 32.2. The van der Waals surface area contributed by atoms with Crippen molar-refractivity contribution >= 4 is 39.9 Å². The summed E-state index contributed by atoms with van der Waals surface area (Å²) >= 11 is 2.38. The molecular weight excluding hydrogens is 372 g/mol. The van der Waals surface area contributed by atoms with Gasteiger partial charge in [-0.05, 0) is 18.4 Å². The minimum atomic E-state index is -0.585. The number of carbonyl (C=O) groups is 2. The van der Waals surface area contributed by atoms with Crippen LogP contribution in [-0.2, 0) is 4.79 Å². The summed E-state index contributed by atoms with van der Waals surface area (Å²) < 4.78 is 1.35. The number of aryl methyl sites for hydroxylation is 1. The van der Waals surface area contributed by atoms with Gasteiger partial charge in [0.1, 0.15) is 5.00 Å². The minimum Gasteiger partial charge on any atom is -0.366 e. The van der Waals surface area contributed by atoms with Gasteiger partial charge in [0.2, 0.25) is 11.1 Å². The van der Waals surface area contributed by atoms with Gasteiger partial charge < -0.3 is 16.9 Å². The van der Waals surface area contributed by atoms with Gasteiger partial charge in [-0.3, -0.25) is 9.59 Å². The predicted octanol–water partition coefficient (Wildman–Crippen LogP) is 1.86. The molecule has 0 aliphatic heterocycles. The molecule has 0 spiro atoms. The van der Waals surface area contributed by atoms with Crippen LogP contribution in [0.3, 0.4) is 0 Å². The van der Waals surface area contributed by atoms with E-state index >= 15 is 0 Å². The van der Waals surface area contributed by atoms with Gasteiger partial charge in [0.05, 0.1) is 11.3 Å². The fourth-order valence-electron chi connectivity index (χ4n) is 2.17. The van der Waals surface area contributed by atoms with Crippen LogP contribution in [-0.4, -0.2) is 32.4 Å². The molecule has 0 radical (unpaired) electrons. The number of nitrogens with one attached hydrogen (secondary N) is 1. The van der Waals surface area contributed by atoms with Crippen molar-refractivity contribution in [3.05, 3.63) is 46.8 Å². The van der Waals surface area contributed by atoms with Crippen molar-refractivity contribution in [3.8, 4) is 11.4 Å². The summed E-state index contributed by atoms with van der Waals surface area (Å²) in [7, 11) is 0. The van der Waals surface area contributed by atoms with Crippen LogP contribution < -0.4 is 16.9 Å². The van der Waals surface area contributed by atoms with Gasteiger partial charge in [-0.25, -0.2) is 4.68 Å². The highest BCUT2D eigenvalue weighted by Gasteiger charge is 2.16. The Kier molecular flexibility index (Phi) is 5.24. The second-order valence-electron chi connectivity index (χ2n) is 5.41. The smallest absolute Gasteiger partial charge is 0.251 e. The minimum absolute atomic E-state index is 0.0688. The Morgan fingerprint density at radius 1 is 1.23 bits per heavy atom. The fraction of sp³-hybridized carbons (Fsp3) is 0.125. The molecule has 134 valence electrons. The number of thiophene rings is 1. The molecule has 8 nitrogen and oxygen atoms in total. The molecule has 0 aliphatic rings. The summed E-state index contributed by atoms with van der Waals surface area (Å²) in [4.78, 5) is 23.4. The fourth-order valence-corrected chi connectivity index (χ4v) is 3.63. The van der Waals surface area contributed by atoms with Crippen molar-refractivity contribution < 1.29 is 9.59 Å². The summed E-state index contributed by atoms with van der Waals surface area (Å²) in [6.07, 6.45) is 0. The number of amides is 2. The lowest BCUT2D eigenvalue weighted by Gasteiger charge is -2.05. The number of aromatic nitrogens is 3. The number of thioether (sulfide) groups is 1. The standard InChI is InChI=1S/C16H16N6O2S2/c1-9-2-4-10(5-3-9)14-20-21-16(22(14)18)26-8-12(23)19-15-11(13(17)24)6-7-25-15/h2-7H,8,18H2,1H3,(H2,17,24)(H,19,23). The maximum absolute atomic E-state index is 12.1. The Labute approximate surface area is 157 Å². The van der Waals surface area contributed by atoms with Crippen molar-refractivity contribution in [2.45, 2.75) is 12.1 Å². The number of nitrogens with zero attached hydrogens (tertiary/aromatic N) is 3. The number of primary amides is 1. The summed E-state index contributed by atoms with van der Waals surface area (Å²) in [5, 5.41) is 13.3. The second-order valence-corrected chi connectivity index (χ2v) is 7.27. The van der Waals surface area contributed by atoms with Crippen LogP contribution in [0.5, 0.6) is 0 Å². The Hall–Kier alpha value is -2.85. The maximum Gasteiger partial charge on any atom is 0.251 e. The maximum atomic E-state index is 12.1. The molecule has 26 heavy (non-hydrogen) atoms. The number of carbonyl (C=O) groups excluding carboxylic acids is 2. The molecule has 0 fully saturated rings. The van der Waals surface area contributed by atoms with Gasteiger partial charge in [0.15, 0.2) is 5.82 Å². The third kappa shape index (κ3) is 3.86. The van der Waals surface area contributed by atoms with E-state index in [1.165, 1.54) is 16.0 Å². The molecule has 2 amide bonds. The van der Waals surface area contributed by atoms with Crippen LogP contribution in [0.15, 0.2) is 40.9 Å². The lowest BCUT2D eigenvalue weighted by Crippen LogP contribution is -2.18. The summed E-state index contributed by atoms with van der Waals surface area (Å²) in [5.74, 6) is 5.75. The molecule has 2 aromatic heterocycles. The van der Waals surface area contributed by atoms with Gasteiger partial charge in [-0.2, -0.15) is 0 Å². The molecule has 0 saturated heterocycles. The average molecular weight is 388 g/mol. The van der Waals surface area contributed by atoms with Crippen LogP contribution in [0, 0.1) is 6.92 Å². The molecule has 1 aromatic carbocycles. The third-order valence-electron chi connectivity index (χ3n) is 3.49. The van der Waals surface area contributed by atoms with E-state index in [2.05, 4.69) is 15.5 Å². The Balaban J connectivity index is 1.65. The topological polar surface area (TPSA) is 129 Å². The summed E-state index contributed by atoms with van der Waals surface area (Å²) in [6.45, 7) is 1.99. The van der Waals surface area contributed by atoms with Crippen LogP contribution in [0.25, 0.3) is 11.4 Å². The molecule has 0 bridgehead atoms. The number of hydrogen-bond acceptors (Lipinski definition) is 7. The van der Waals surface area contributed by atoms with Gasteiger partial charge in [-0.1, -0.05) is 41.6 Å².